The lowest BCUT2D eigenvalue weighted by Crippen LogP contribution is -2.51. The normalized spacial score (nSPS) is 17.6. The van der Waals surface area contributed by atoms with Gasteiger partial charge in [-0.2, -0.15) is 0 Å². The molecule has 0 unspecified atom stereocenters. The summed E-state index contributed by atoms with van der Waals surface area (Å²) < 4.78 is 0. The minimum Gasteiger partial charge on any atom is -0.355 e. The van der Waals surface area contributed by atoms with Gasteiger partial charge in [-0.1, -0.05) is 13.0 Å². The molecule has 2 amide bonds. The molecule has 24 heavy (non-hydrogen) atoms. The van der Waals surface area contributed by atoms with Gasteiger partial charge in [-0.05, 0) is 48.9 Å². The van der Waals surface area contributed by atoms with Crippen molar-refractivity contribution >= 4 is 11.8 Å². The van der Waals surface area contributed by atoms with E-state index in [4.69, 9.17) is 0 Å². The Morgan fingerprint density at radius 1 is 1.08 bits per heavy atom. The van der Waals surface area contributed by atoms with Crippen LogP contribution in [0.3, 0.4) is 0 Å². The molecule has 0 radical (unpaired) electrons. The Balaban J connectivity index is 1.51. The molecule has 2 aliphatic rings. The van der Waals surface area contributed by atoms with Gasteiger partial charge in [0.05, 0.1) is 6.54 Å². The van der Waals surface area contributed by atoms with E-state index in [1.807, 2.05) is 17.9 Å². The molecule has 0 aromatic heterocycles. The maximum absolute atomic E-state index is 12.7. The fraction of sp³-hybridized carbons (Fsp3) is 0.579. The first-order chi connectivity index (χ1) is 11.7. The zero-order valence-corrected chi connectivity index (χ0v) is 14.5. The quantitative estimate of drug-likeness (QED) is 0.890. The van der Waals surface area contributed by atoms with Crippen LogP contribution in [0, 0.1) is 0 Å². The number of rotatable bonds is 5. The summed E-state index contributed by atoms with van der Waals surface area (Å²) in [4.78, 5) is 28.5. The van der Waals surface area contributed by atoms with Gasteiger partial charge in [0.15, 0.2) is 0 Å². The van der Waals surface area contributed by atoms with Crippen molar-refractivity contribution in [1.29, 1.82) is 0 Å². The first-order valence-electron chi connectivity index (χ1n) is 9.07. The van der Waals surface area contributed by atoms with E-state index in [0.29, 0.717) is 19.6 Å². The number of carbonyl (C=O) groups is 2. The summed E-state index contributed by atoms with van der Waals surface area (Å²) in [6.07, 6.45) is 4.39. The third kappa shape index (κ3) is 3.96. The average Bonchev–Trinajstić information content (AvgIpc) is 3.07. The Morgan fingerprint density at radius 2 is 1.83 bits per heavy atom. The van der Waals surface area contributed by atoms with Gasteiger partial charge >= 0.3 is 0 Å². The summed E-state index contributed by atoms with van der Waals surface area (Å²) in [5.41, 5.74) is 3.55. The zero-order valence-electron chi connectivity index (χ0n) is 14.5. The third-order valence-corrected chi connectivity index (χ3v) is 4.94. The second kappa shape index (κ2) is 7.79. The molecular formula is C19H27N3O2. The molecule has 1 aromatic carbocycles. The van der Waals surface area contributed by atoms with Gasteiger partial charge in [-0.25, -0.2) is 0 Å². The fourth-order valence-electron chi connectivity index (χ4n) is 3.52. The highest BCUT2D eigenvalue weighted by molar-refractivity contribution is 5.94. The van der Waals surface area contributed by atoms with Gasteiger partial charge in [0.2, 0.25) is 5.91 Å². The Hall–Kier alpha value is -1.88. The van der Waals surface area contributed by atoms with Crippen LogP contribution in [-0.2, 0) is 17.6 Å². The van der Waals surface area contributed by atoms with E-state index in [1.165, 1.54) is 17.5 Å². The molecule has 3 rings (SSSR count). The third-order valence-electron chi connectivity index (χ3n) is 4.94. The number of fused-ring (bicyclic) bond motifs is 1. The maximum Gasteiger partial charge on any atom is 0.253 e. The molecule has 1 aliphatic heterocycles. The lowest BCUT2D eigenvalue weighted by Gasteiger charge is -2.34. The second-order valence-electron chi connectivity index (χ2n) is 6.76. The number of hydrogen-bond donors (Lipinski definition) is 1. The van der Waals surface area contributed by atoms with Crippen molar-refractivity contribution < 1.29 is 9.59 Å². The van der Waals surface area contributed by atoms with Crippen LogP contribution in [0.1, 0.15) is 41.3 Å². The zero-order chi connectivity index (χ0) is 16.9. The minimum atomic E-state index is 0.0789. The van der Waals surface area contributed by atoms with Crippen molar-refractivity contribution in [2.24, 2.45) is 0 Å². The van der Waals surface area contributed by atoms with Gasteiger partial charge in [-0.15, -0.1) is 0 Å². The van der Waals surface area contributed by atoms with E-state index in [0.717, 1.165) is 44.5 Å². The molecule has 130 valence electrons. The van der Waals surface area contributed by atoms with Crippen molar-refractivity contribution in [1.82, 2.24) is 15.1 Å². The highest BCUT2D eigenvalue weighted by atomic mass is 16.2. The molecule has 1 fully saturated rings. The smallest absolute Gasteiger partial charge is 0.253 e. The summed E-state index contributed by atoms with van der Waals surface area (Å²) >= 11 is 0. The van der Waals surface area contributed by atoms with Crippen molar-refractivity contribution in [2.45, 2.75) is 32.6 Å². The van der Waals surface area contributed by atoms with Crippen LogP contribution in [0.25, 0.3) is 0 Å². The molecule has 1 aromatic rings. The molecule has 5 heteroatoms. The molecule has 0 saturated carbocycles. The number of nitrogens with zero attached hydrogens (tertiary/aromatic N) is 2. The second-order valence-corrected chi connectivity index (χ2v) is 6.76. The van der Waals surface area contributed by atoms with Gasteiger partial charge in [0.25, 0.3) is 5.91 Å². The van der Waals surface area contributed by atoms with E-state index < -0.39 is 0 Å². The average molecular weight is 329 g/mol. The van der Waals surface area contributed by atoms with E-state index in [9.17, 15) is 9.59 Å². The van der Waals surface area contributed by atoms with E-state index in [2.05, 4.69) is 22.3 Å². The summed E-state index contributed by atoms with van der Waals surface area (Å²) in [5.74, 6) is 0.204. The van der Waals surface area contributed by atoms with Crippen molar-refractivity contribution in [3.63, 3.8) is 0 Å². The van der Waals surface area contributed by atoms with Crippen molar-refractivity contribution in [3.05, 3.63) is 34.9 Å². The van der Waals surface area contributed by atoms with Crippen LogP contribution in [0.15, 0.2) is 18.2 Å². The minimum absolute atomic E-state index is 0.0789. The number of hydrogen-bond acceptors (Lipinski definition) is 3. The number of carbonyl (C=O) groups excluding carboxylic acids is 2. The number of piperazine rings is 1. The molecule has 1 N–H and O–H groups in total. The number of nitrogens with one attached hydrogen (secondary N) is 1. The molecule has 5 nitrogen and oxygen atoms in total. The topological polar surface area (TPSA) is 52.7 Å². The van der Waals surface area contributed by atoms with Gasteiger partial charge in [0.1, 0.15) is 0 Å². The van der Waals surface area contributed by atoms with Gasteiger partial charge < -0.3 is 10.2 Å². The van der Waals surface area contributed by atoms with E-state index >= 15 is 0 Å². The van der Waals surface area contributed by atoms with Crippen LogP contribution in [0.2, 0.25) is 0 Å². The lowest BCUT2D eigenvalue weighted by atomic mass is 10.1. The van der Waals surface area contributed by atoms with Crippen LogP contribution >= 0.6 is 0 Å². The molecular weight excluding hydrogens is 302 g/mol. The Labute approximate surface area is 144 Å². The fourth-order valence-corrected chi connectivity index (χ4v) is 3.52. The highest BCUT2D eigenvalue weighted by Crippen LogP contribution is 2.23. The molecule has 0 bridgehead atoms. The Kier molecular flexibility index (Phi) is 5.51. The lowest BCUT2D eigenvalue weighted by molar-refractivity contribution is -0.122. The molecule has 1 saturated heterocycles. The number of amides is 2. The summed E-state index contributed by atoms with van der Waals surface area (Å²) in [6.45, 7) is 6.11. The number of aryl methyl sites for hydroxylation is 2. The predicted molar refractivity (Wildman–Crippen MR) is 94.1 cm³/mol. The van der Waals surface area contributed by atoms with E-state index in [1.54, 1.807) is 0 Å². The van der Waals surface area contributed by atoms with Crippen molar-refractivity contribution in [2.75, 3.05) is 39.3 Å². The van der Waals surface area contributed by atoms with Crippen LogP contribution in [0.5, 0.6) is 0 Å². The molecule has 0 atom stereocenters. The number of benzene rings is 1. The van der Waals surface area contributed by atoms with Crippen molar-refractivity contribution in [3.8, 4) is 0 Å². The Morgan fingerprint density at radius 3 is 2.58 bits per heavy atom. The van der Waals surface area contributed by atoms with Crippen LogP contribution < -0.4 is 5.32 Å². The summed E-state index contributed by atoms with van der Waals surface area (Å²) in [7, 11) is 0. The summed E-state index contributed by atoms with van der Waals surface area (Å²) in [6, 6.07) is 6.16. The molecule has 1 heterocycles. The first kappa shape index (κ1) is 17.0. The van der Waals surface area contributed by atoms with Gasteiger partial charge in [-0.3, -0.25) is 14.5 Å². The maximum atomic E-state index is 12.7. The van der Waals surface area contributed by atoms with E-state index in [-0.39, 0.29) is 11.8 Å². The van der Waals surface area contributed by atoms with Gasteiger partial charge in [0, 0.05) is 38.3 Å². The largest absolute Gasteiger partial charge is 0.355 e. The highest BCUT2D eigenvalue weighted by Gasteiger charge is 2.24. The van der Waals surface area contributed by atoms with Crippen LogP contribution in [0.4, 0.5) is 0 Å². The standard InChI is InChI=1S/C19H27N3O2/c1-2-8-20-18(23)14-21-9-11-22(12-10-21)19(24)17-7-6-15-4-3-5-16(15)13-17/h6-7,13H,2-5,8-12,14H2,1H3,(H,20,23). The monoisotopic (exact) mass is 329 g/mol. The SMILES string of the molecule is CCCNC(=O)CN1CCN(C(=O)c2ccc3c(c2)CCC3)CC1. The first-order valence-corrected chi connectivity index (χ1v) is 9.07. The summed E-state index contributed by atoms with van der Waals surface area (Å²) in [5, 5.41) is 2.90. The molecule has 0 spiro atoms. The molecule has 1 aliphatic carbocycles. The van der Waals surface area contributed by atoms with Crippen LogP contribution in [-0.4, -0.2) is 60.9 Å². The predicted octanol–water partition coefficient (Wildman–Crippen LogP) is 1.46. The Bertz CT molecular complexity index is 607.